The first-order chi connectivity index (χ1) is 11.0. The van der Waals surface area contributed by atoms with Crippen LogP contribution in [-0.4, -0.2) is 44.5 Å². The van der Waals surface area contributed by atoms with Gasteiger partial charge in [-0.25, -0.2) is 0 Å². The Kier molecular flexibility index (Phi) is 6.46. The standard InChI is InChI=1S/C19H31N3O/c1-15-7-5-6-8-18(15)20-19(23)14-22(4)13-16-9-11-17(12-10-16)21(2)3/h9-12,15,18H,5-8,13-14H2,1-4H3,(H,20,23)/t15-,18-/m0/s1. The molecule has 0 radical (unpaired) electrons. The third-order valence-corrected chi connectivity index (χ3v) is 4.78. The SMILES string of the molecule is C[C@H]1CCCC[C@@H]1NC(=O)CN(C)Cc1ccc(N(C)C)cc1. The molecular weight excluding hydrogens is 286 g/mol. The molecule has 23 heavy (non-hydrogen) atoms. The number of rotatable bonds is 6. The van der Waals surface area contributed by atoms with Crippen LogP contribution >= 0.6 is 0 Å². The number of amides is 1. The van der Waals surface area contributed by atoms with Gasteiger partial charge in [-0.05, 0) is 43.5 Å². The number of benzene rings is 1. The molecule has 4 nitrogen and oxygen atoms in total. The molecule has 1 aromatic rings. The molecule has 0 spiro atoms. The minimum Gasteiger partial charge on any atom is -0.378 e. The van der Waals surface area contributed by atoms with Crippen molar-refractivity contribution in [2.24, 2.45) is 5.92 Å². The quantitative estimate of drug-likeness (QED) is 0.876. The number of hydrogen-bond acceptors (Lipinski definition) is 3. The number of carbonyl (C=O) groups excluding carboxylic acids is 1. The lowest BCUT2D eigenvalue weighted by Gasteiger charge is -2.30. The smallest absolute Gasteiger partial charge is 0.234 e. The summed E-state index contributed by atoms with van der Waals surface area (Å²) >= 11 is 0. The molecule has 1 aliphatic rings. The Balaban J connectivity index is 1.79. The van der Waals surface area contributed by atoms with Gasteiger partial charge in [0.2, 0.25) is 5.91 Å². The van der Waals surface area contributed by atoms with E-state index in [4.69, 9.17) is 0 Å². The first-order valence-electron chi connectivity index (χ1n) is 8.70. The first-order valence-corrected chi connectivity index (χ1v) is 8.70. The monoisotopic (exact) mass is 317 g/mol. The van der Waals surface area contributed by atoms with E-state index in [1.54, 1.807) is 0 Å². The van der Waals surface area contributed by atoms with E-state index in [9.17, 15) is 4.79 Å². The van der Waals surface area contributed by atoms with Crippen LogP contribution in [0.2, 0.25) is 0 Å². The van der Waals surface area contributed by atoms with Gasteiger partial charge in [0.15, 0.2) is 0 Å². The van der Waals surface area contributed by atoms with E-state index in [-0.39, 0.29) is 5.91 Å². The second-order valence-electron chi connectivity index (χ2n) is 7.17. The van der Waals surface area contributed by atoms with Crippen LogP contribution in [0.3, 0.4) is 0 Å². The Morgan fingerprint density at radius 2 is 1.78 bits per heavy atom. The largest absolute Gasteiger partial charge is 0.378 e. The van der Waals surface area contributed by atoms with Crippen molar-refractivity contribution in [1.82, 2.24) is 10.2 Å². The summed E-state index contributed by atoms with van der Waals surface area (Å²) in [5.74, 6) is 0.757. The molecule has 1 aliphatic carbocycles. The van der Waals surface area contributed by atoms with Crippen LogP contribution in [0.25, 0.3) is 0 Å². The molecule has 1 amide bonds. The lowest BCUT2D eigenvalue weighted by molar-refractivity contribution is -0.123. The Bertz CT molecular complexity index is 498. The summed E-state index contributed by atoms with van der Waals surface area (Å²) in [6.45, 7) is 3.50. The van der Waals surface area contributed by atoms with Crippen molar-refractivity contribution < 1.29 is 4.79 Å². The number of likely N-dealkylation sites (N-methyl/N-ethyl adjacent to an activating group) is 1. The molecule has 0 heterocycles. The molecule has 2 atom stereocenters. The summed E-state index contributed by atoms with van der Waals surface area (Å²) in [6.07, 6.45) is 4.90. The number of nitrogens with one attached hydrogen (secondary N) is 1. The van der Waals surface area contributed by atoms with E-state index in [2.05, 4.69) is 46.3 Å². The fourth-order valence-corrected chi connectivity index (χ4v) is 3.30. The van der Waals surface area contributed by atoms with Crippen LogP contribution in [0.5, 0.6) is 0 Å². The Morgan fingerprint density at radius 1 is 1.13 bits per heavy atom. The van der Waals surface area contributed by atoms with E-state index in [0.717, 1.165) is 13.0 Å². The number of anilines is 1. The molecule has 0 bridgehead atoms. The fourth-order valence-electron chi connectivity index (χ4n) is 3.30. The third-order valence-electron chi connectivity index (χ3n) is 4.78. The molecule has 4 heteroatoms. The summed E-state index contributed by atoms with van der Waals surface area (Å²) in [6, 6.07) is 8.86. The molecule has 1 fully saturated rings. The normalized spacial score (nSPS) is 21.3. The molecule has 0 aliphatic heterocycles. The Hall–Kier alpha value is -1.55. The van der Waals surface area contributed by atoms with Gasteiger partial charge < -0.3 is 10.2 Å². The van der Waals surface area contributed by atoms with Crippen molar-refractivity contribution in [3.63, 3.8) is 0 Å². The highest BCUT2D eigenvalue weighted by atomic mass is 16.2. The zero-order chi connectivity index (χ0) is 16.8. The first kappa shape index (κ1) is 17.8. The maximum Gasteiger partial charge on any atom is 0.234 e. The van der Waals surface area contributed by atoms with Gasteiger partial charge in [-0.2, -0.15) is 0 Å². The van der Waals surface area contributed by atoms with E-state index < -0.39 is 0 Å². The summed E-state index contributed by atoms with van der Waals surface area (Å²) in [5, 5.41) is 3.22. The molecule has 1 aromatic carbocycles. The maximum absolute atomic E-state index is 12.2. The lowest BCUT2D eigenvalue weighted by Crippen LogP contribution is -2.44. The predicted octanol–water partition coefficient (Wildman–Crippen LogP) is 2.88. The summed E-state index contributed by atoms with van der Waals surface area (Å²) in [5.41, 5.74) is 2.43. The van der Waals surface area contributed by atoms with Gasteiger partial charge in [0.25, 0.3) is 0 Å². The lowest BCUT2D eigenvalue weighted by atomic mass is 9.86. The van der Waals surface area contributed by atoms with Crippen molar-refractivity contribution in [1.29, 1.82) is 0 Å². The number of hydrogen-bond donors (Lipinski definition) is 1. The average Bonchev–Trinajstić information content (AvgIpc) is 2.50. The van der Waals surface area contributed by atoms with E-state index in [1.165, 1.54) is 30.5 Å². The van der Waals surface area contributed by atoms with Crippen LogP contribution in [0.15, 0.2) is 24.3 Å². The second kappa shape index (κ2) is 8.34. The highest BCUT2D eigenvalue weighted by Gasteiger charge is 2.23. The molecule has 1 N–H and O–H groups in total. The highest BCUT2D eigenvalue weighted by Crippen LogP contribution is 2.23. The van der Waals surface area contributed by atoms with Crippen molar-refractivity contribution >= 4 is 11.6 Å². The predicted molar refractivity (Wildman–Crippen MR) is 96.7 cm³/mol. The van der Waals surface area contributed by atoms with Crippen molar-refractivity contribution in [3.05, 3.63) is 29.8 Å². The van der Waals surface area contributed by atoms with E-state index in [0.29, 0.717) is 18.5 Å². The van der Waals surface area contributed by atoms with Gasteiger partial charge in [-0.1, -0.05) is 31.9 Å². The van der Waals surface area contributed by atoms with Crippen LogP contribution in [-0.2, 0) is 11.3 Å². The van der Waals surface area contributed by atoms with Gasteiger partial charge in [-0.15, -0.1) is 0 Å². The summed E-state index contributed by atoms with van der Waals surface area (Å²) < 4.78 is 0. The molecular formula is C19H31N3O. The zero-order valence-corrected chi connectivity index (χ0v) is 15.0. The van der Waals surface area contributed by atoms with Gasteiger partial charge in [-0.3, -0.25) is 9.69 Å². The van der Waals surface area contributed by atoms with Gasteiger partial charge in [0, 0.05) is 32.4 Å². The van der Waals surface area contributed by atoms with E-state index in [1.807, 2.05) is 21.1 Å². The van der Waals surface area contributed by atoms with E-state index >= 15 is 0 Å². The molecule has 0 unspecified atom stereocenters. The van der Waals surface area contributed by atoms with Crippen molar-refractivity contribution in [3.8, 4) is 0 Å². The van der Waals surface area contributed by atoms with Crippen molar-refractivity contribution in [2.75, 3.05) is 32.6 Å². The van der Waals surface area contributed by atoms with Crippen LogP contribution in [0.4, 0.5) is 5.69 Å². The molecule has 2 rings (SSSR count). The average molecular weight is 317 g/mol. The molecule has 1 saturated carbocycles. The highest BCUT2D eigenvalue weighted by molar-refractivity contribution is 5.78. The van der Waals surface area contributed by atoms with Crippen LogP contribution in [0.1, 0.15) is 38.2 Å². The minimum absolute atomic E-state index is 0.149. The van der Waals surface area contributed by atoms with Crippen LogP contribution < -0.4 is 10.2 Å². The van der Waals surface area contributed by atoms with Crippen molar-refractivity contribution in [2.45, 2.75) is 45.2 Å². The number of carbonyl (C=O) groups is 1. The van der Waals surface area contributed by atoms with Gasteiger partial charge in [0.1, 0.15) is 0 Å². The Morgan fingerprint density at radius 3 is 2.39 bits per heavy atom. The van der Waals surface area contributed by atoms with Gasteiger partial charge >= 0.3 is 0 Å². The Labute approximate surface area is 140 Å². The fraction of sp³-hybridized carbons (Fsp3) is 0.632. The maximum atomic E-state index is 12.2. The molecule has 0 aromatic heterocycles. The van der Waals surface area contributed by atoms with Gasteiger partial charge in [0.05, 0.1) is 6.54 Å². The van der Waals surface area contributed by atoms with Crippen LogP contribution in [0, 0.1) is 5.92 Å². The summed E-state index contributed by atoms with van der Waals surface area (Å²) in [7, 11) is 6.08. The molecule has 128 valence electrons. The topological polar surface area (TPSA) is 35.6 Å². The second-order valence-corrected chi connectivity index (χ2v) is 7.17. The number of nitrogens with zero attached hydrogens (tertiary/aromatic N) is 2. The molecule has 0 saturated heterocycles. The summed E-state index contributed by atoms with van der Waals surface area (Å²) in [4.78, 5) is 16.4. The minimum atomic E-state index is 0.149. The zero-order valence-electron chi connectivity index (χ0n) is 15.0. The third kappa shape index (κ3) is 5.54.